The van der Waals surface area contributed by atoms with Gasteiger partial charge in [0.2, 0.25) is 23.6 Å². The molecule has 2 heterocycles. The van der Waals surface area contributed by atoms with Gasteiger partial charge in [0.05, 0.1) is 23.7 Å². The van der Waals surface area contributed by atoms with E-state index in [-0.39, 0.29) is 61.1 Å². The molecule has 0 bridgehead atoms. The molecule has 2 aliphatic carbocycles. The number of imide groups is 2. The largest absolute Gasteiger partial charge is 0.508 e. The molecule has 10 heteroatoms. The third-order valence-electron chi connectivity index (χ3n) is 10.3. The van der Waals surface area contributed by atoms with Crippen LogP contribution >= 0.6 is 0 Å². The van der Waals surface area contributed by atoms with Gasteiger partial charge >= 0.3 is 0 Å². The number of carbonyl (C=O) groups is 4. The lowest BCUT2D eigenvalue weighted by atomic mass is 9.57. The molecule has 0 spiro atoms. The minimum atomic E-state index is -0.848. The Hall–Kier alpha value is -4.99. The molecule has 3 aromatic carbocycles. The van der Waals surface area contributed by atoms with E-state index in [4.69, 9.17) is 0 Å². The number of nitrogens with zero attached hydrogens (tertiary/aromatic N) is 2. The summed E-state index contributed by atoms with van der Waals surface area (Å²) in [4.78, 5) is 58.1. The summed E-state index contributed by atoms with van der Waals surface area (Å²) < 4.78 is 14.7. The van der Waals surface area contributed by atoms with Crippen LogP contribution in [0.2, 0.25) is 0 Å². The number of benzene rings is 3. The number of phenols is 3. The van der Waals surface area contributed by atoms with Gasteiger partial charge in [-0.2, -0.15) is 0 Å². The second kappa shape index (κ2) is 11.4. The number of halogens is 1. The molecular formula is C36H33FN2O7. The highest BCUT2D eigenvalue weighted by Gasteiger charge is 2.61. The first-order valence-corrected chi connectivity index (χ1v) is 15.6. The van der Waals surface area contributed by atoms with E-state index in [0.717, 1.165) is 16.7 Å². The maximum absolute atomic E-state index is 14.7. The van der Waals surface area contributed by atoms with Crippen LogP contribution in [0.4, 0.5) is 4.39 Å². The third kappa shape index (κ3) is 4.92. The lowest BCUT2D eigenvalue weighted by molar-refractivity contribution is -0.142. The standard InChI is InChI=1S/C36H33FN2O7/c37-28-17-21(5-12-29(28)42)30-24-10-11-25-31(35(45)38(33(25)43)15-13-19-1-6-22(40)7-2-19)26(24)18-27-32(30)36(46)39(34(27)44)16-14-20-3-8-23(41)9-4-20/h1-10,12,17,25-27,30-32,40-42H,11,13-16,18H2/t25-,26+,27+,30-,31-,32+/m0/s1. The normalized spacial score (nSPS) is 27.0. The van der Waals surface area contributed by atoms with Gasteiger partial charge in [0.15, 0.2) is 11.6 Å². The van der Waals surface area contributed by atoms with E-state index in [2.05, 4.69) is 0 Å². The fourth-order valence-electron chi connectivity index (χ4n) is 8.06. The first-order chi connectivity index (χ1) is 22.1. The molecule has 9 nitrogen and oxygen atoms in total. The average Bonchev–Trinajstić information content (AvgIpc) is 3.44. The van der Waals surface area contributed by atoms with E-state index in [0.29, 0.717) is 18.4 Å². The van der Waals surface area contributed by atoms with E-state index in [1.54, 1.807) is 54.6 Å². The molecule has 0 unspecified atom stereocenters. The Kier molecular flexibility index (Phi) is 7.38. The molecule has 4 amide bonds. The second-order valence-corrected chi connectivity index (χ2v) is 12.7. The summed E-state index contributed by atoms with van der Waals surface area (Å²) in [6.07, 6.45) is 3.22. The van der Waals surface area contributed by atoms with Crippen molar-refractivity contribution < 1.29 is 38.9 Å². The van der Waals surface area contributed by atoms with Crippen molar-refractivity contribution in [1.82, 2.24) is 9.80 Å². The van der Waals surface area contributed by atoms with E-state index < -0.39 is 47.1 Å². The fraction of sp³-hybridized carbons (Fsp3) is 0.333. The first-order valence-electron chi connectivity index (χ1n) is 15.6. The van der Waals surface area contributed by atoms with Crippen LogP contribution < -0.4 is 0 Å². The molecule has 3 N–H and O–H groups in total. The van der Waals surface area contributed by atoms with Crippen LogP contribution in [0.5, 0.6) is 17.2 Å². The molecule has 3 aromatic rings. The number of hydrogen-bond acceptors (Lipinski definition) is 7. The summed E-state index contributed by atoms with van der Waals surface area (Å²) in [5.41, 5.74) is 2.90. The Balaban J connectivity index is 1.20. The summed E-state index contributed by atoms with van der Waals surface area (Å²) in [6.45, 7) is 0.308. The Bertz CT molecular complexity index is 1770. The molecule has 1 saturated carbocycles. The SMILES string of the molecule is O=C1[C@H]2[C@H](CC=C3[C@H]2C[C@H]2C(=O)N(CCc4ccc(O)cc4)C(=O)[C@H]2[C@H]3c2ccc(O)c(F)c2)C(=O)N1CCc1ccc(O)cc1. The van der Waals surface area contributed by atoms with Crippen molar-refractivity contribution in [1.29, 1.82) is 0 Å². The topological polar surface area (TPSA) is 135 Å². The Morgan fingerprint density at radius 2 is 1.20 bits per heavy atom. The lowest BCUT2D eigenvalue weighted by Crippen LogP contribution is -2.43. The minimum Gasteiger partial charge on any atom is -0.508 e. The van der Waals surface area contributed by atoms with Gasteiger partial charge in [-0.1, -0.05) is 42.0 Å². The number of phenolic OH excluding ortho intramolecular Hbond substituents is 3. The summed E-state index contributed by atoms with van der Waals surface area (Å²) in [6, 6.07) is 17.1. The second-order valence-electron chi connectivity index (χ2n) is 12.7. The number of carbonyl (C=O) groups excluding carboxylic acids is 4. The number of allylic oxidation sites excluding steroid dienone is 2. The average molecular weight is 625 g/mol. The van der Waals surface area contributed by atoms with Crippen molar-refractivity contribution in [3.05, 3.63) is 101 Å². The number of rotatable bonds is 7. The molecule has 0 aromatic heterocycles. The van der Waals surface area contributed by atoms with Gasteiger partial charge in [-0.3, -0.25) is 29.0 Å². The van der Waals surface area contributed by atoms with Crippen LogP contribution in [0.15, 0.2) is 78.4 Å². The number of aromatic hydroxyl groups is 3. The molecular weight excluding hydrogens is 591 g/mol. The highest BCUT2D eigenvalue weighted by Crippen LogP contribution is 2.58. The molecule has 2 saturated heterocycles. The minimum absolute atomic E-state index is 0.111. The van der Waals surface area contributed by atoms with Crippen LogP contribution in [0, 0.1) is 35.4 Å². The Morgan fingerprint density at radius 1 is 0.652 bits per heavy atom. The van der Waals surface area contributed by atoms with Crippen LogP contribution in [0.3, 0.4) is 0 Å². The highest BCUT2D eigenvalue weighted by atomic mass is 19.1. The van der Waals surface area contributed by atoms with Gasteiger partial charge in [0.1, 0.15) is 11.5 Å². The van der Waals surface area contributed by atoms with E-state index in [9.17, 15) is 38.9 Å². The van der Waals surface area contributed by atoms with Crippen LogP contribution in [-0.4, -0.2) is 61.8 Å². The van der Waals surface area contributed by atoms with Crippen molar-refractivity contribution in [2.24, 2.45) is 29.6 Å². The molecule has 3 fully saturated rings. The van der Waals surface area contributed by atoms with Crippen molar-refractivity contribution in [3.8, 4) is 17.2 Å². The van der Waals surface area contributed by atoms with Crippen molar-refractivity contribution >= 4 is 23.6 Å². The highest BCUT2D eigenvalue weighted by molar-refractivity contribution is 6.08. The van der Waals surface area contributed by atoms with Gasteiger partial charge in [-0.05, 0) is 84.7 Å². The number of likely N-dealkylation sites (tertiary alicyclic amines) is 2. The summed E-state index contributed by atoms with van der Waals surface area (Å²) >= 11 is 0. The van der Waals surface area contributed by atoms with E-state index >= 15 is 0 Å². The zero-order chi connectivity index (χ0) is 32.3. The van der Waals surface area contributed by atoms with Crippen LogP contribution in [0.25, 0.3) is 0 Å². The maximum Gasteiger partial charge on any atom is 0.234 e. The van der Waals surface area contributed by atoms with Gasteiger partial charge in [0.25, 0.3) is 0 Å². The number of fused-ring (bicyclic) bond motifs is 4. The molecule has 0 radical (unpaired) electrons. The van der Waals surface area contributed by atoms with E-state index in [1.165, 1.54) is 21.9 Å². The molecule has 46 heavy (non-hydrogen) atoms. The number of amides is 4. The van der Waals surface area contributed by atoms with Gasteiger partial charge < -0.3 is 15.3 Å². The van der Waals surface area contributed by atoms with Crippen molar-refractivity contribution in [3.63, 3.8) is 0 Å². The van der Waals surface area contributed by atoms with Gasteiger partial charge in [-0.25, -0.2) is 4.39 Å². The zero-order valence-electron chi connectivity index (χ0n) is 24.9. The molecule has 6 atom stereocenters. The van der Waals surface area contributed by atoms with Gasteiger partial charge in [0, 0.05) is 19.0 Å². The molecule has 236 valence electrons. The summed E-state index contributed by atoms with van der Waals surface area (Å²) in [7, 11) is 0. The zero-order valence-corrected chi connectivity index (χ0v) is 24.9. The first kappa shape index (κ1) is 29.7. The lowest BCUT2D eigenvalue weighted by Gasteiger charge is -2.44. The molecule has 7 rings (SSSR count). The quantitative estimate of drug-likeness (QED) is 0.267. The Morgan fingerprint density at radius 3 is 1.76 bits per heavy atom. The molecule has 2 aliphatic heterocycles. The van der Waals surface area contributed by atoms with E-state index in [1.807, 2.05) is 6.08 Å². The fourth-order valence-corrected chi connectivity index (χ4v) is 8.06. The summed E-state index contributed by atoms with van der Waals surface area (Å²) in [5.74, 6) is -6.49. The monoisotopic (exact) mass is 624 g/mol. The maximum atomic E-state index is 14.7. The van der Waals surface area contributed by atoms with Crippen molar-refractivity contribution in [2.45, 2.75) is 31.6 Å². The third-order valence-corrected chi connectivity index (χ3v) is 10.3. The summed E-state index contributed by atoms with van der Waals surface area (Å²) in [5, 5.41) is 29.1. The smallest absolute Gasteiger partial charge is 0.234 e. The predicted octanol–water partition coefficient (Wildman–Crippen LogP) is 4.06. The van der Waals surface area contributed by atoms with Crippen molar-refractivity contribution in [2.75, 3.05) is 13.1 Å². The number of hydrogen-bond donors (Lipinski definition) is 3. The van der Waals surface area contributed by atoms with Crippen LogP contribution in [0.1, 0.15) is 35.4 Å². The predicted molar refractivity (Wildman–Crippen MR) is 163 cm³/mol. The molecule has 4 aliphatic rings. The Labute approximate surface area is 264 Å². The van der Waals surface area contributed by atoms with Crippen LogP contribution in [-0.2, 0) is 32.0 Å². The van der Waals surface area contributed by atoms with Gasteiger partial charge in [-0.15, -0.1) is 0 Å².